The van der Waals surface area contributed by atoms with Crippen molar-refractivity contribution < 1.29 is 9.47 Å². The fourth-order valence-electron chi connectivity index (χ4n) is 2.57. The van der Waals surface area contributed by atoms with Crippen LogP contribution in [0.5, 0.6) is 0 Å². The van der Waals surface area contributed by atoms with Crippen LogP contribution in [0.4, 0.5) is 0 Å². The quantitative estimate of drug-likeness (QED) is 0.638. The summed E-state index contributed by atoms with van der Waals surface area (Å²) in [5, 5.41) is 0. The lowest BCUT2D eigenvalue weighted by Gasteiger charge is -2.41. The van der Waals surface area contributed by atoms with E-state index in [2.05, 4.69) is 18.7 Å². The Bertz CT molecular complexity index is 173. The van der Waals surface area contributed by atoms with Gasteiger partial charge in [0, 0.05) is 26.3 Å². The van der Waals surface area contributed by atoms with Crippen molar-refractivity contribution in [2.24, 2.45) is 0 Å². The molecular weight excluding hydrogens is 202 g/mol. The van der Waals surface area contributed by atoms with Crippen LogP contribution in [0.3, 0.4) is 0 Å². The fourth-order valence-corrected chi connectivity index (χ4v) is 2.57. The average Bonchev–Trinajstić information content (AvgIpc) is 2.80. The van der Waals surface area contributed by atoms with Gasteiger partial charge in [0.05, 0.1) is 6.61 Å². The van der Waals surface area contributed by atoms with E-state index in [0.29, 0.717) is 6.61 Å². The second kappa shape index (κ2) is 7.25. The van der Waals surface area contributed by atoms with Gasteiger partial charge in [-0.25, -0.2) is 0 Å². The van der Waals surface area contributed by atoms with Crippen molar-refractivity contribution in [3.63, 3.8) is 0 Å². The predicted octanol–water partition coefficient (Wildman–Crippen LogP) is 2.65. The fraction of sp³-hybridized carbons (Fsp3) is 1.00. The van der Waals surface area contributed by atoms with Crippen molar-refractivity contribution in [1.29, 1.82) is 0 Å². The molecule has 1 rings (SSSR count). The normalized spacial score (nSPS) is 21.2. The lowest BCUT2D eigenvalue weighted by molar-refractivity contribution is -0.184. The van der Waals surface area contributed by atoms with E-state index in [9.17, 15) is 0 Å². The highest BCUT2D eigenvalue weighted by Gasteiger charge is 2.38. The van der Waals surface area contributed by atoms with E-state index in [1.54, 1.807) is 0 Å². The van der Waals surface area contributed by atoms with Crippen LogP contribution in [0.25, 0.3) is 0 Å². The molecule has 0 spiro atoms. The lowest BCUT2D eigenvalue weighted by atomic mass is 10.1. The number of likely N-dealkylation sites (tertiary alicyclic amines) is 1. The van der Waals surface area contributed by atoms with Crippen LogP contribution in [0.1, 0.15) is 46.5 Å². The Hall–Kier alpha value is -0.120. The maximum Gasteiger partial charge on any atom is 0.145 e. The van der Waals surface area contributed by atoms with Crippen LogP contribution >= 0.6 is 0 Å². The van der Waals surface area contributed by atoms with Gasteiger partial charge in [-0.2, -0.15) is 0 Å². The van der Waals surface area contributed by atoms with Crippen molar-refractivity contribution in [2.45, 2.75) is 52.2 Å². The summed E-state index contributed by atoms with van der Waals surface area (Å²) >= 11 is 0. The molecule has 0 radical (unpaired) electrons. The van der Waals surface area contributed by atoms with Crippen LogP contribution < -0.4 is 0 Å². The first-order valence-electron chi connectivity index (χ1n) is 6.75. The number of nitrogens with zero attached hydrogens (tertiary/aromatic N) is 1. The largest absolute Gasteiger partial charge is 0.377 e. The summed E-state index contributed by atoms with van der Waals surface area (Å²) in [6.45, 7) is 10.9. The van der Waals surface area contributed by atoms with Crippen molar-refractivity contribution in [3.8, 4) is 0 Å². The van der Waals surface area contributed by atoms with Crippen LogP contribution in [0.15, 0.2) is 0 Å². The minimum absolute atomic E-state index is 0.157. The minimum atomic E-state index is -0.157. The second-order valence-electron chi connectivity index (χ2n) is 4.46. The Morgan fingerprint density at radius 2 is 1.75 bits per heavy atom. The first-order chi connectivity index (χ1) is 7.79. The highest BCUT2D eigenvalue weighted by atomic mass is 16.6. The zero-order valence-corrected chi connectivity index (χ0v) is 11.1. The summed E-state index contributed by atoms with van der Waals surface area (Å²) in [4.78, 5) is 2.48. The summed E-state index contributed by atoms with van der Waals surface area (Å²) in [5.74, 6) is 0. The Labute approximate surface area is 100 Å². The topological polar surface area (TPSA) is 21.7 Å². The minimum Gasteiger partial charge on any atom is -0.377 e. The molecule has 0 aromatic rings. The van der Waals surface area contributed by atoms with Gasteiger partial charge in [0.2, 0.25) is 0 Å². The molecule has 0 saturated carbocycles. The Balaban J connectivity index is 2.67. The summed E-state index contributed by atoms with van der Waals surface area (Å²) in [6.07, 6.45) is 4.81. The van der Waals surface area contributed by atoms with E-state index in [1.807, 2.05) is 6.92 Å². The highest BCUT2D eigenvalue weighted by molar-refractivity contribution is 4.84. The lowest BCUT2D eigenvalue weighted by Crippen LogP contribution is -2.53. The number of hydrogen-bond donors (Lipinski definition) is 0. The van der Waals surface area contributed by atoms with Gasteiger partial charge in [0.1, 0.15) is 5.72 Å². The Morgan fingerprint density at radius 1 is 1.06 bits per heavy atom. The SMILES string of the molecule is CCCC(COCC)(OCC)N1CCCC1. The van der Waals surface area contributed by atoms with Crippen molar-refractivity contribution in [1.82, 2.24) is 4.90 Å². The molecule has 1 heterocycles. The molecule has 3 heteroatoms. The van der Waals surface area contributed by atoms with Crippen molar-refractivity contribution >= 4 is 0 Å². The summed E-state index contributed by atoms with van der Waals surface area (Å²) in [7, 11) is 0. The summed E-state index contributed by atoms with van der Waals surface area (Å²) < 4.78 is 11.7. The summed E-state index contributed by atoms with van der Waals surface area (Å²) in [5.41, 5.74) is -0.157. The molecule has 96 valence electrons. The standard InChI is InChI=1S/C13H27NO2/c1-4-9-13(16-6-3,12-15-5-2)14-10-7-8-11-14/h4-12H2,1-3H3. The molecule has 1 saturated heterocycles. The molecule has 1 fully saturated rings. The maximum absolute atomic E-state index is 6.06. The van der Waals surface area contributed by atoms with E-state index >= 15 is 0 Å². The van der Waals surface area contributed by atoms with Gasteiger partial charge < -0.3 is 9.47 Å². The molecule has 0 aromatic carbocycles. The van der Waals surface area contributed by atoms with Crippen LogP contribution in [-0.2, 0) is 9.47 Å². The van der Waals surface area contributed by atoms with E-state index < -0.39 is 0 Å². The summed E-state index contributed by atoms with van der Waals surface area (Å²) in [6, 6.07) is 0. The third-order valence-electron chi connectivity index (χ3n) is 3.27. The monoisotopic (exact) mass is 229 g/mol. The zero-order chi connectivity index (χ0) is 11.9. The van der Waals surface area contributed by atoms with Gasteiger partial charge in [0.25, 0.3) is 0 Å². The van der Waals surface area contributed by atoms with Crippen LogP contribution in [-0.4, -0.2) is 43.5 Å². The molecule has 0 amide bonds. The highest BCUT2D eigenvalue weighted by Crippen LogP contribution is 2.28. The Kier molecular flexibility index (Phi) is 6.32. The molecule has 16 heavy (non-hydrogen) atoms. The molecule has 0 aromatic heterocycles. The molecule has 1 aliphatic rings. The first kappa shape index (κ1) is 13.9. The second-order valence-corrected chi connectivity index (χ2v) is 4.46. The van der Waals surface area contributed by atoms with Crippen LogP contribution in [0, 0.1) is 0 Å². The van der Waals surface area contributed by atoms with Gasteiger partial charge in [-0.1, -0.05) is 13.3 Å². The first-order valence-corrected chi connectivity index (χ1v) is 6.75. The molecule has 1 aliphatic heterocycles. The van der Waals surface area contributed by atoms with E-state index in [4.69, 9.17) is 9.47 Å². The van der Waals surface area contributed by atoms with E-state index in [1.165, 1.54) is 12.8 Å². The van der Waals surface area contributed by atoms with Gasteiger partial charge in [0.15, 0.2) is 0 Å². The zero-order valence-electron chi connectivity index (χ0n) is 11.1. The molecule has 1 atom stereocenters. The smallest absolute Gasteiger partial charge is 0.145 e. The number of hydrogen-bond acceptors (Lipinski definition) is 3. The Morgan fingerprint density at radius 3 is 2.25 bits per heavy atom. The van der Waals surface area contributed by atoms with Crippen molar-refractivity contribution in [2.75, 3.05) is 32.9 Å². The van der Waals surface area contributed by atoms with Gasteiger partial charge in [-0.05, 0) is 33.1 Å². The van der Waals surface area contributed by atoms with Gasteiger partial charge in [-0.15, -0.1) is 0 Å². The molecule has 3 nitrogen and oxygen atoms in total. The number of ether oxygens (including phenoxy) is 2. The molecular formula is C13H27NO2. The molecule has 0 N–H and O–H groups in total. The molecule has 1 unspecified atom stereocenters. The van der Waals surface area contributed by atoms with Crippen LogP contribution in [0.2, 0.25) is 0 Å². The molecule has 0 aliphatic carbocycles. The molecule has 0 bridgehead atoms. The third-order valence-corrected chi connectivity index (χ3v) is 3.27. The third kappa shape index (κ3) is 3.44. The average molecular weight is 229 g/mol. The van der Waals surface area contributed by atoms with Gasteiger partial charge in [-0.3, -0.25) is 4.90 Å². The number of rotatable bonds is 8. The van der Waals surface area contributed by atoms with Crippen molar-refractivity contribution in [3.05, 3.63) is 0 Å². The van der Waals surface area contributed by atoms with Gasteiger partial charge >= 0.3 is 0 Å². The maximum atomic E-state index is 6.06. The van der Waals surface area contributed by atoms with E-state index in [0.717, 1.165) is 39.1 Å². The predicted molar refractivity (Wildman–Crippen MR) is 66.6 cm³/mol. The van der Waals surface area contributed by atoms with E-state index in [-0.39, 0.29) is 5.72 Å².